The van der Waals surface area contributed by atoms with Crippen LogP contribution in [0.15, 0.2) is 71.8 Å². The van der Waals surface area contributed by atoms with Gasteiger partial charge in [0.15, 0.2) is 6.61 Å². The number of rotatable bonds is 7. The highest BCUT2D eigenvalue weighted by Gasteiger charge is 2.10. The van der Waals surface area contributed by atoms with Crippen molar-refractivity contribution in [3.8, 4) is 5.75 Å². The zero-order valence-electron chi connectivity index (χ0n) is 16.6. The molecule has 0 saturated heterocycles. The first kappa shape index (κ1) is 22.0. The van der Waals surface area contributed by atoms with Gasteiger partial charge in [-0.05, 0) is 49.4 Å². The number of amides is 2. The number of nitrogens with zero attached hydrogens (tertiary/aromatic N) is 1. The minimum Gasteiger partial charge on any atom is -0.483 e. The number of hydrogen-bond acceptors (Lipinski definition) is 4. The summed E-state index contributed by atoms with van der Waals surface area (Å²) in [6, 6.07) is 17.6. The fourth-order valence-corrected chi connectivity index (χ4v) is 2.75. The lowest BCUT2D eigenvalue weighted by atomic mass is 10.1. The van der Waals surface area contributed by atoms with E-state index < -0.39 is 11.7 Å². The van der Waals surface area contributed by atoms with E-state index in [1.807, 2.05) is 19.1 Å². The van der Waals surface area contributed by atoms with E-state index in [9.17, 15) is 14.0 Å². The Morgan fingerprint density at radius 2 is 1.84 bits per heavy atom. The minimum absolute atomic E-state index is 0.0628. The zero-order valence-corrected chi connectivity index (χ0v) is 17.3. The van der Waals surface area contributed by atoms with E-state index in [0.717, 1.165) is 5.56 Å². The van der Waals surface area contributed by atoms with Crippen LogP contribution in [0, 0.1) is 12.7 Å². The van der Waals surface area contributed by atoms with Crippen molar-refractivity contribution in [2.24, 2.45) is 5.10 Å². The largest absolute Gasteiger partial charge is 0.483 e. The van der Waals surface area contributed by atoms with E-state index in [4.69, 9.17) is 16.3 Å². The van der Waals surface area contributed by atoms with Crippen LogP contribution in [-0.4, -0.2) is 24.6 Å². The van der Waals surface area contributed by atoms with Crippen LogP contribution in [0.1, 0.15) is 21.5 Å². The summed E-state index contributed by atoms with van der Waals surface area (Å²) >= 11 is 6.03. The number of anilines is 1. The molecule has 0 atom stereocenters. The highest BCUT2D eigenvalue weighted by molar-refractivity contribution is 6.30. The number of hydrazone groups is 1. The van der Waals surface area contributed by atoms with Gasteiger partial charge in [0.25, 0.3) is 11.8 Å². The Morgan fingerprint density at radius 3 is 2.58 bits per heavy atom. The van der Waals surface area contributed by atoms with E-state index in [1.54, 1.807) is 36.4 Å². The quantitative estimate of drug-likeness (QED) is 0.418. The van der Waals surface area contributed by atoms with Crippen molar-refractivity contribution in [2.75, 3.05) is 11.9 Å². The van der Waals surface area contributed by atoms with Gasteiger partial charge in [0.05, 0.1) is 11.9 Å². The second-order valence-corrected chi connectivity index (χ2v) is 7.00. The molecule has 0 heterocycles. The third-order valence-corrected chi connectivity index (χ3v) is 4.40. The van der Waals surface area contributed by atoms with E-state index >= 15 is 0 Å². The van der Waals surface area contributed by atoms with Gasteiger partial charge in [-0.3, -0.25) is 9.59 Å². The van der Waals surface area contributed by atoms with Crippen molar-refractivity contribution in [1.29, 1.82) is 0 Å². The molecule has 3 rings (SSSR count). The van der Waals surface area contributed by atoms with Gasteiger partial charge in [-0.15, -0.1) is 0 Å². The third-order valence-electron chi connectivity index (χ3n) is 4.16. The van der Waals surface area contributed by atoms with Gasteiger partial charge in [0.2, 0.25) is 0 Å². The summed E-state index contributed by atoms with van der Waals surface area (Å²) in [5.41, 5.74) is 4.45. The molecule has 0 aliphatic heterocycles. The zero-order chi connectivity index (χ0) is 22.2. The van der Waals surface area contributed by atoms with Gasteiger partial charge in [0.1, 0.15) is 11.6 Å². The van der Waals surface area contributed by atoms with Crippen molar-refractivity contribution in [3.63, 3.8) is 0 Å². The van der Waals surface area contributed by atoms with E-state index in [1.165, 1.54) is 24.4 Å². The highest BCUT2D eigenvalue weighted by atomic mass is 35.5. The van der Waals surface area contributed by atoms with Crippen LogP contribution in [0.25, 0.3) is 0 Å². The van der Waals surface area contributed by atoms with Crippen LogP contribution in [0.5, 0.6) is 5.75 Å². The van der Waals surface area contributed by atoms with Crippen molar-refractivity contribution < 1.29 is 18.7 Å². The maximum Gasteiger partial charge on any atom is 0.271 e. The third kappa shape index (κ3) is 6.38. The van der Waals surface area contributed by atoms with E-state index in [-0.39, 0.29) is 18.2 Å². The minimum atomic E-state index is -0.542. The number of halogens is 2. The fourth-order valence-electron chi connectivity index (χ4n) is 2.57. The highest BCUT2D eigenvalue weighted by Crippen LogP contribution is 2.21. The second-order valence-electron chi connectivity index (χ2n) is 6.56. The molecule has 6 nitrogen and oxygen atoms in total. The monoisotopic (exact) mass is 439 g/mol. The Balaban J connectivity index is 1.62. The number of carbonyl (C=O) groups is 2. The van der Waals surface area contributed by atoms with Gasteiger partial charge in [0, 0.05) is 16.1 Å². The Hall–Kier alpha value is -3.71. The molecular weight excluding hydrogens is 421 g/mol. The van der Waals surface area contributed by atoms with Crippen molar-refractivity contribution in [1.82, 2.24) is 5.43 Å². The normalized spacial score (nSPS) is 10.7. The average molecular weight is 440 g/mol. The van der Waals surface area contributed by atoms with Crippen LogP contribution in [0.2, 0.25) is 5.02 Å². The number of aryl methyl sites for hydroxylation is 1. The second kappa shape index (κ2) is 10.4. The maximum atomic E-state index is 13.6. The summed E-state index contributed by atoms with van der Waals surface area (Å²) < 4.78 is 19.2. The SMILES string of the molecule is Cc1ccc(C(=O)N/N=C/c2cc(Cl)ccc2OCC(=O)Nc2ccccc2F)cc1. The lowest BCUT2D eigenvalue weighted by Crippen LogP contribution is -2.21. The average Bonchev–Trinajstić information content (AvgIpc) is 2.75. The van der Waals surface area contributed by atoms with Gasteiger partial charge in [-0.1, -0.05) is 41.4 Å². The summed E-state index contributed by atoms with van der Waals surface area (Å²) in [5, 5.41) is 6.80. The molecule has 2 amide bonds. The van der Waals surface area contributed by atoms with Gasteiger partial charge < -0.3 is 10.1 Å². The van der Waals surface area contributed by atoms with Crippen LogP contribution < -0.4 is 15.5 Å². The van der Waals surface area contributed by atoms with Gasteiger partial charge >= 0.3 is 0 Å². The smallest absolute Gasteiger partial charge is 0.271 e. The first-order valence-electron chi connectivity index (χ1n) is 9.29. The van der Waals surface area contributed by atoms with Crippen LogP contribution >= 0.6 is 11.6 Å². The molecule has 0 spiro atoms. The molecule has 0 fully saturated rings. The fraction of sp³-hybridized carbons (Fsp3) is 0.0870. The molecule has 0 aromatic heterocycles. The standard InChI is InChI=1S/C23H19ClFN3O3/c1-15-6-8-16(9-7-15)23(30)28-26-13-17-12-18(24)10-11-21(17)31-14-22(29)27-20-5-3-2-4-19(20)25/h2-13H,14H2,1H3,(H,27,29)(H,28,30)/b26-13+. The Kier molecular flexibility index (Phi) is 7.35. The molecule has 0 saturated carbocycles. The van der Waals surface area contributed by atoms with Crippen molar-refractivity contribution in [3.05, 3.63) is 94.3 Å². The molecule has 0 aliphatic rings. The molecule has 0 bridgehead atoms. The maximum absolute atomic E-state index is 13.6. The van der Waals surface area contributed by atoms with Gasteiger partial charge in [-0.25, -0.2) is 9.82 Å². The lowest BCUT2D eigenvalue weighted by molar-refractivity contribution is -0.118. The summed E-state index contributed by atoms with van der Waals surface area (Å²) in [4.78, 5) is 24.2. The number of carbonyl (C=O) groups excluding carboxylic acids is 2. The Labute approximate surface area is 183 Å². The molecule has 3 aromatic rings. The molecule has 0 radical (unpaired) electrons. The van der Waals surface area contributed by atoms with Crippen LogP contribution in [0.3, 0.4) is 0 Å². The summed E-state index contributed by atoms with van der Waals surface area (Å²) in [7, 11) is 0. The lowest BCUT2D eigenvalue weighted by Gasteiger charge is -2.10. The topological polar surface area (TPSA) is 79.8 Å². The number of nitrogens with one attached hydrogen (secondary N) is 2. The molecule has 0 unspecified atom stereocenters. The van der Waals surface area contributed by atoms with Crippen LogP contribution in [-0.2, 0) is 4.79 Å². The summed E-state index contributed by atoms with van der Waals surface area (Å²) in [6.07, 6.45) is 1.36. The predicted octanol–water partition coefficient (Wildman–Crippen LogP) is 4.57. The predicted molar refractivity (Wildman–Crippen MR) is 118 cm³/mol. The molecule has 31 heavy (non-hydrogen) atoms. The molecule has 2 N–H and O–H groups in total. The molecular formula is C23H19ClFN3O3. The number of hydrogen-bond donors (Lipinski definition) is 2. The molecule has 0 aliphatic carbocycles. The van der Waals surface area contributed by atoms with Crippen molar-refractivity contribution in [2.45, 2.75) is 6.92 Å². The van der Waals surface area contributed by atoms with E-state index in [2.05, 4.69) is 15.8 Å². The Bertz CT molecular complexity index is 1120. The molecule has 8 heteroatoms. The number of ether oxygens (including phenoxy) is 1. The number of benzene rings is 3. The van der Waals surface area contributed by atoms with Crippen LogP contribution in [0.4, 0.5) is 10.1 Å². The molecule has 3 aromatic carbocycles. The van der Waals surface area contributed by atoms with Crippen molar-refractivity contribution >= 4 is 35.3 Å². The first-order chi connectivity index (χ1) is 14.9. The van der Waals surface area contributed by atoms with Gasteiger partial charge in [-0.2, -0.15) is 5.10 Å². The summed E-state index contributed by atoms with van der Waals surface area (Å²) in [5.74, 6) is -1.12. The first-order valence-corrected chi connectivity index (χ1v) is 9.67. The number of para-hydroxylation sites is 1. The molecule has 158 valence electrons. The van der Waals surface area contributed by atoms with E-state index in [0.29, 0.717) is 21.9 Å². The Morgan fingerprint density at radius 1 is 1.10 bits per heavy atom. The summed E-state index contributed by atoms with van der Waals surface area (Å²) in [6.45, 7) is 1.57.